The summed E-state index contributed by atoms with van der Waals surface area (Å²) in [6.07, 6.45) is 4.57. The maximum atomic E-state index is 12.2. The van der Waals surface area contributed by atoms with E-state index >= 15 is 0 Å². The van der Waals surface area contributed by atoms with Crippen molar-refractivity contribution in [3.63, 3.8) is 0 Å². The minimum Gasteiger partial charge on any atom is -0.272 e. The Bertz CT molecular complexity index is 998. The molecule has 0 saturated carbocycles. The summed E-state index contributed by atoms with van der Waals surface area (Å²) in [5.74, 6) is 0.324. The Morgan fingerprint density at radius 3 is 2.89 bits per heavy atom. The zero-order chi connectivity index (χ0) is 18.8. The number of nitrogens with one attached hydrogen (secondary N) is 2. The highest BCUT2D eigenvalue weighted by atomic mass is 32.2. The molecule has 0 fully saturated rings. The number of thioether (sulfide) groups is 1. The lowest BCUT2D eigenvalue weighted by molar-refractivity contribution is -0.119. The number of carbonyl (C=O) groups is 2. The van der Waals surface area contributed by atoms with Gasteiger partial charge in [0, 0.05) is 10.3 Å². The number of hydrazine groups is 1. The fourth-order valence-corrected chi connectivity index (χ4v) is 5.99. The van der Waals surface area contributed by atoms with Crippen LogP contribution < -0.4 is 10.9 Å². The van der Waals surface area contributed by atoms with Crippen LogP contribution in [0.5, 0.6) is 0 Å². The van der Waals surface area contributed by atoms with Gasteiger partial charge in [-0.2, -0.15) is 0 Å². The van der Waals surface area contributed by atoms with Crippen molar-refractivity contribution in [2.45, 2.75) is 37.6 Å². The van der Waals surface area contributed by atoms with Gasteiger partial charge in [-0.25, -0.2) is 9.97 Å². The summed E-state index contributed by atoms with van der Waals surface area (Å²) in [5.41, 5.74) is 6.27. The summed E-state index contributed by atoms with van der Waals surface area (Å²) in [7, 11) is 0. The summed E-state index contributed by atoms with van der Waals surface area (Å²) >= 11 is 4.47. The Hall–Kier alpha value is -1.97. The summed E-state index contributed by atoms with van der Waals surface area (Å²) in [4.78, 5) is 36.2. The predicted molar refractivity (Wildman–Crippen MR) is 109 cm³/mol. The second-order valence-corrected chi connectivity index (χ2v) is 9.23. The summed E-state index contributed by atoms with van der Waals surface area (Å²) in [5, 5.41) is 3.79. The third-order valence-corrected chi connectivity index (χ3v) is 7.32. The molecule has 3 aromatic rings. The highest BCUT2D eigenvalue weighted by Crippen LogP contribution is 2.39. The molecule has 0 aromatic carbocycles. The van der Waals surface area contributed by atoms with Gasteiger partial charge in [-0.05, 0) is 49.6 Å². The van der Waals surface area contributed by atoms with Crippen molar-refractivity contribution in [2.75, 3.05) is 5.75 Å². The average molecular weight is 419 g/mol. The standard InChI is InChI=1S/C18H18N4O2S3/c1-10-19-17(15-11-5-2-3-6-12(11)27-18(15)20-10)26-9-14(23)21-22-16(24)13-7-4-8-25-13/h4,7-8H,2-3,5-6,9H2,1H3,(H,21,23)(H,22,24). The van der Waals surface area contributed by atoms with Gasteiger partial charge in [0.2, 0.25) is 5.91 Å². The molecule has 3 heterocycles. The van der Waals surface area contributed by atoms with Crippen molar-refractivity contribution < 1.29 is 9.59 Å². The van der Waals surface area contributed by atoms with Crippen LogP contribution >= 0.6 is 34.4 Å². The quantitative estimate of drug-likeness (QED) is 0.385. The van der Waals surface area contributed by atoms with Gasteiger partial charge in [0.1, 0.15) is 15.7 Å². The van der Waals surface area contributed by atoms with E-state index in [0.717, 1.165) is 33.9 Å². The smallest absolute Gasteiger partial charge is 0.272 e. The number of aromatic nitrogens is 2. The first kappa shape index (κ1) is 18.4. The lowest BCUT2D eigenvalue weighted by Gasteiger charge is -2.12. The number of rotatable bonds is 4. The first-order chi connectivity index (χ1) is 13.1. The summed E-state index contributed by atoms with van der Waals surface area (Å²) < 4.78 is 0. The van der Waals surface area contributed by atoms with E-state index in [2.05, 4.69) is 20.8 Å². The molecule has 0 unspecified atom stereocenters. The molecule has 9 heteroatoms. The van der Waals surface area contributed by atoms with Crippen molar-refractivity contribution >= 4 is 56.5 Å². The van der Waals surface area contributed by atoms with Crippen molar-refractivity contribution in [3.8, 4) is 0 Å². The van der Waals surface area contributed by atoms with Crippen LogP contribution in [0, 0.1) is 6.92 Å². The Balaban J connectivity index is 1.44. The third-order valence-electron chi connectivity index (χ3n) is 4.29. The van der Waals surface area contributed by atoms with Crippen LogP contribution in [0.4, 0.5) is 0 Å². The van der Waals surface area contributed by atoms with Crippen LogP contribution in [-0.4, -0.2) is 27.5 Å². The van der Waals surface area contributed by atoms with Gasteiger partial charge >= 0.3 is 0 Å². The molecule has 4 rings (SSSR count). The molecule has 2 N–H and O–H groups in total. The van der Waals surface area contributed by atoms with Crippen LogP contribution in [0.3, 0.4) is 0 Å². The molecule has 0 spiro atoms. The first-order valence-corrected chi connectivity index (χ1v) is 11.3. The Kier molecular flexibility index (Phi) is 5.42. The molecule has 0 radical (unpaired) electrons. The fourth-order valence-electron chi connectivity index (χ4n) is 3.10. The fraction of sp³-hybridized carbons (Fsp3) is 0.333. The van der Waals surface area contributed by atoms with Crippen molar-refractivity contribution in [1.82, 2.24) is 20.8 Å². The molecule has 0 bridgehead atoms. The van der Waals surface area contributed by atoms with Gasteiger partial charge in [0.05, 0.1) is 10.6 Å². The molecule has 140 valence electrons. The van der Waals surface area contributed by atoms with Crippen LogP contribution in [0.1, 0.15) is 38.8 Å². The molecular weight excluding hydrogens is 400 g/mol. The van der Waals surface area contributed by atoms with Crippen molar-refractivity contribution in [3.05, 3.63) is 38.7 Å². The van der Waals surface area contributed by atoms with Gasteiger partial charge in [-0.15, -0.1) is 22.7 Å². The molecule has 0 aliphatic heterocycles. The van der Waals surface area contributed by atoms with E-state index < -0.39 is 0 Å². The zero-order valence-corrected chi connectivity index (χ0v) is 17.2. The van der Waals surface area contributed by atoms with Gasteiger partial charge < -0.3 is 0 Å². The van der Waals surface area contributed by atoms with Gasteiger partial charge in [0.15, 0.2) is 0 Å². The lowest BCUT2D eigenvalue weighted by atomic mass is 9.97. The molecule has 0 atom stereocenters. The molecule has 0 saturated heterocycles. The van der Waals surface area contributed by atoms with E-state index in [1.165, 1.54) is 46.4 Å². The topological polar surface area (TPSA) is 84.0 Å². The van der Waals surface area contributed by atoms with Crippen LogP contribution in [0.25, 0.3) is 10.2 Å². The second kappa shape index (κ2) is 7.95. The lowest BCUT2D eigenvalue weighted by Crippen LogP contribution is -2.42. The minimum absolute atomic E-state index is 0.181. The molecule has 2 amide bonds. The summed E-state index contributed by atoms with van der Waals surface area (Å²) in [6.45, 7) is 1.88. The highest BCUT2D eigenvalue weighted by Gasteiger charge is 2.21. The number of amides is 2. The number of hydrogen-bond acceptors (Lipinski definition) is 7. The average Bonchev–Trinajstić information content (AvgIpc) is 3.31. The highest BCUT2D eigenvalue weighted by molar-refractivity contribution is 8.00. The van der Waals surface area contributed by atoms with E-state index in [1.807, 2.05) is 12.3 Å². The SMILES string of the molecule is Cc1nc(SCC(=O)NNC(=O)c2cccs2)c2c3c(sc2n1)CCCC3. The predicted octanol–water partition coefficient (Wildman–Crippen LogP) is 3.49. The van der Waals surface area contributed by atoms with E-state index in [0.29, 0.717) is 4.88 Å². The number of fused-ring (bicyclic) bond motifs is 3. The Morgan fingerprint density at radius 1 is 1.22 bits per heavy atom. The van der Waals surface area contributed by atoms with Crippen LogP contribution in [-0.2, 0) is 17.6 Å². The zero-order valence-electron chi connectivity index (χ0n) is 14.7. The Morgan fingerprint density at radius 2 is 2.07 bits per heavy atom. The molecule has 1 aliphatic carbocycles. The van der Waals surface area contributed by atoms with E-state index in [4.69, 9.17) is 0 Å². The number of hydrogen-bond donors (Lipinski definition) is 2. The maximum Gasteiger partial charge on any atom is 0.279 e. The summed E-state index contributed by atoms with van der Waals surface area (Å²) in [6, 6.07) is 3.50. The van der Waals surface area contributed by atoms with Gasteiger partial charge in [-0.1, -0.05) is 17.8 Å². The first-order valence-electron chi connectivity index (χ1n) is 8.66. The van der Waals surface area contributed by atoms with Crippen LogP contribution in [0.15, 0.2) is 22.5 Å². The Labute approximate surface area is 168 Å². The van der Waals surface area contributed by atoms with Gasteiger partial charge in [-0.3, -0.25) is 20.4 Å². The second-order valence-electron chi connectivity index (χ2n) is 6.24. The molecular formula is C18H18N4O2S3. The van der Waals surface area contributed by atoms with E-state index in [1.54, 1.807) is 23.5 Å². The van der Waals surface area contributed by atoms with Crippen LogP contribution in [0.2, 0.25) is 0 Å². The molecule has 3 aromatic heterocycles. The number of nitrogens with zero attached hydrogens (tertiary/aromatic N) is 2. The number of thiophene rings is 2. The van der Waals surface area contributed by atoms with E-state index in [9.17, 15) is 9.59 Å². The number of aryl methyl sites for hydroxylation is 3. The van der Waals surface area contributed by atoms with Crippen molar-refractivity contribution in [1.29, 1.82) is 0 Å². The monoisotopic (exact) mass is 418 g/mol. The molecule has 1 aliphatic rings. The largest absolute Gasteiger partial charge is 0.279 e. The molecule has 6 nitrogen and oxygen atoms in total. The normalized spacial score (nSPS) is 13.4. The third kappa shape index (κ3) is 3.99. The minimum atomic E-state index is -0.310. The number of carbonyl (C=O) groups excluding carboxylic acids is 2. The maximum absolute atomic E-state index is 12.2. The van der Waals surface area contributed by atoms with Gasteiger partial charge in [0.25, 0.3) is 5.91 Å². The van der Waals surface area contributed by atoms with E-state index in [-0.39, 0.29) is 17.6 Å². The van der Waals surface area contributed by atoms with Crippen molar-refractivity contribution in [2.24, 2.45) is 0 Å². The molecule has 27 heavy (non-hydrogen) atoms.